The highest BCUT2D eigenvalue weighted by Gasteiger charge is 2.37. The molecule has 0 aromatic carbocycles. The van der Waals surface area contributed by atoms with E-state index < -0.39 is 0 Å². The first-order valence-electron chi connectivity index (χ1n) is 6.63. The summed E-state index contributed by atoms with van der Waals surface area (Å²) in [6.07, 6.45) is 8.14. The van der Waals surface area contributed by atoms with Gasteiger partial charge in [-0.25, -0.2) is 4.98 Å². The third kappa shape index (κ3) is 2.57. The van der Waals surface area contributed by atoms with E-state index in [9.17, 15) is 9.59 Å². The maximum Gasteiger partial charge on any atom is 0.274 e. The number of amides is 2. The van der Waals surface area contributed by atoms with Crippen molar-refractivity contribution in [3.63, 3.8) is 0 Å². The fourth-order valence-electron chi connectivity index (χ4n) is 2.36. The van der Waals surface area contributed by atoms with Gasteiger partial charge in [-0.15, -0.1) is 0 Å². The summed E-state index contributed by atoms with van der Waals surface area (Å²) in [4.78, 5) is 33.9. The highest BCUT2D eigenvalue weighted by atomic mass is 16.2. The fraction of sp³-hybridized carbons (Fsp3) is 0.538. The molecule has 100 valence electrons. The summed E-state index contributed by atoms with van der Waals surface area (Å²) in [6.45, 7) is 0.609. The molecule has 6 heteroatoms. The number of aromatic nitrogens is 2. The average Bonchev–Trinajstić information content (AvgIpc) is 3.11. The van der Waals surface area contributed by atoms with Crippen LogP contribution in [0.3, 0.4) is 0 Å². The van der Waals surface area contributed by atoms with Crippen LogP contribution in [-0.4, -0.2) is 45.3 Å². The molecule has 1 aliphatic heterocycles. The Labute approximate surface area is 111 Å². The molecule has 1 saturated heterocycles. The lowest BCUT2D eigenvalue weighted by molar-refractivity contribution is -0.125. The number of hydrogen-bond donors (Lipinski definition) is 1. The Bertz CT molecular complexity index is 487. The zero-order valence-corrected chi connectivity index (χ0v) is 10.6. The van der Waals surface area contributed by atoms with Gasteiger partial charge in [0.1, 0.15) is 11.7 Å². The van der Waals surface area contributed by atoms with Crippen LogP contribution in [0.25, 0.3) is 0 Å². The quantitative estimate of drug-likeness (QED) is 0.851. The monoisotopic (exact) mass is 260 g/mol. The normalized spacial score (nSPS) is 22.3. The van der Waals surface area contributed by atoms with Crippen molar-refractivity contribution in [2.45, 2.75) is 37.8 Å². The fourth-order valence-corrected chi connectivity index (χ4v) is 2.36. The molecule has 3 rings (SSSR count). The van der Waals surface area contributed by atoms with Crippen LogP contribution in [0.4, 0.5) is 0 Å². The summed E-state index contributed by atoms with van der Waals surface area (Å²) in [5.41, 5.74) is 0.300. The summed E-state index contributed by atoms with van der Waals surface area (Å²) >= 11 is 0. The van der Waals surface area contributed by atoms with Crippen LogP contribution < -0.4 is 5.32 Å². The van der Waals surface area contributed by atoms with E-state index in [1.165, 1.54) is 18.6 Å². The Morgan fingerprint density at radius 3 is 2.79 bits per heavy atom. The van der Waals surface area contributed by atoms with Crippen molar-refractivity contribution < 1.29 is 9.59 Å². The summed E-state index contributed by atoms with van der Waals surface area (Å²) in [5.74, 6) is -0.237. The molecule has 1 aromatic rings. The molecule has 2 heterocycles. The van der Waals surface area contributed by atoms with Crippen molar-refractivity contribution in [3.05, 3.63) is 24.3 Å². The third-order valence-electron chi connectivity index (χ3n) is 3.52. The number of carbonyl (C=O) groups is 2. The van der Waals surface area contributed by atoms with Gasteiger partial charge in [-0.1, -0.05) is 0 Å². The van der Waals surface area contributed by atoms with E-state index >= 15 is 0 Å². The van der Waals surface area contributed by atoms with Gasteiger partial charge in [0.15, 0.2) is 0 Å². The van der Waals surface area contributed by atoms with Gasteiger partial charge in [-0.2, -0.15) is 0 Å². The summed E-state index contributed by atoms with van der Waals surface area (Å²) in [6, 6.07) is -0.0309. The first-order chi connectivity index (χ1) is 9.25. The largest absolute Gasteiger partial charge is 0.352 e. The lowest BCUT2D eigenvalue weighted by atomic mass is 10.2. The van der Waals surface area contributed by atoms with Crippen molar-refractivity contribution in [3.8, 4) is 0 Å². The van der Waals surface area contributed by atoms with Gasteiger partial charge >= 0.3 is 0 Å². The second-order valence-corrected chi connectivity index (χ2v) is 5.03. The zero-order chi connectivity index (χ0) is 13.2. The Morgan fingerprint density at radius 2 is 2.11 bits per heavy atom. The maximum absolute atomic E-state index is 12.3. The van der Waals surface area contributed by atoms with E-state index in [0.717, 1.165) is 25.7 Å². The van der Waals surface area contributed by atoms with Gasteiger partial charge in [-0.05, 0) is 25.7 Å². The topological polar surface area (TPSA) is 75.2 Å². The SMILES string of the molecule is O=C(NC1CC1)C1CCCN1C(=O)c1cnccn1. The standard InChI is InChI=1S/C13H16N4O2/c18-12(16-9-3-4-9)11-2-1-7-17(11)13(19)10-8-14-5-6-15-10/h5-6,8-9,11H,1-4,7H2,(H,16,18). The predicted octanol–water partition coefficient (Wildman–Crippen LogP) is 0.360. The minimum absolute atomic E-state index is 0.0303. The van der Waals surface area contributed by atoms with Crippen LogP contribution in [0.1, 0.15) is 36.2 Å². The molecular weight excluding hydrogens is 244 g/mol. The van der Waals surface area contributed by atoms with Crippen LogP contribution in [-0.2, 0) is 4.79 Å². The molecule has 1 N–H and O–H groups in total. The van der Waals surface area contributed by atoms with Crippen LogP contribution in [0, 0.1) is 0 Å². The van der Waals surface area contributed by atoms with Crippen LogP contribution in [0.5, 0.6) is 0 Å². The Hall–Kier alpha value is -1.98. The molecule has 1 saturated carbocycles. The number of carbonyl (C=O) groups excluding carboxylic acids is 2. The Balaban J connectivity index is 1.71. The van der Waals surface area contributed by atoms with Crippen molar-refractivity contribution in [1.82, 2.24) is 20.2 Å². The van der Waals surface area contributed by atoms with E-state index in [-0.39, 0.29) is 17.9 Å². The van der Waals surface area contributed by atoms with E-state index in [1.807, 2.05) is 0 Å². The van der Waals surface area contributed by atoms with E-state index in [1.54, 1.807) is 4.90 Å². The Morgan fingerprint density at radius 1 is 1.26 bits per heavy atom. The summed E-state index contributed by atoms with van der Waals surface area (Å²) in [5, 5.41) is 2.96. The van der Waals surface area contributed by atoms with Gasteiger partial charge < -0.3 is 10.2 Å². The van der Waals surface area contributed by atoms with Crippen LogP contribution >= 0.6 is 0 Å². The highest BCUT2D eigenvalue weighted by molar-refractivity contribution is 5.96. The van der Waals surface area contributed by atoms with Crippen LogP contribution in [0.2, 0.25) is 0 Å². The highest BCUT2D eigenvalue weighted by Crippen LogP contribution is 2.23. The molecule has 0 radical (unpaired) electrons. The van der Waals surface area contributed by atoms with Crippen molar-refractivity contribution in [2.75, 3.05) is 6.54 Å². The molecule has 19 heavy (non-hydrogen) atoms. The van der Waals surface area contributed by atoms with E-state index in [0.29, 0.717) is 18.3 Å². The lowest BCUT2D eigenvalue weighted by Gasteiger charge is -2.23. The van der Waals surface area contributed by atoms with Gasteiger partial charge in [0.05, 0.1) is 6.20 Å². The summed E-state index contributed by atoms with van der Waals surface area (Å²) in [7, 11) is 0. The van der Waals surface area contributed by atoms with Crippen molar-refractivity contribution >= 4 is 11.8 Å². The zero-order valence-electron chi connectivity index (χ0n) is 10.6. The minimum atomic E-state index is -0.352. The molecule has 1 unspecified atom stereocenters. The molecule has 1 atom stereocenters. The minimum Gasteiger partial charge on any atom is -0.352 e. The summed E-state index contributed by atoms with van der Waals surface area (Å²) < 4.78 is 0. The molecular formula is C13H16N4O2. The first-order valence-corrected chi connectivity index (χ1v) is 6.63. The number of rotatable bonds is 3. The number of hydrogen-bond acceptors (Lipinski definition) is 4. The molecule has 2 aliphatic rings. The Kier molecular flexibility index (Phi) is 3.15. The number of nitrogens with one attached hydrogen (secondary N) is 1. The number of likely N-dealkylation sites (tertiary alicyclic amines) is 1. The molecule has 2 amide bonds. The van der Waals surface area contributed by atoms with Gasteiger partial charge in [0.25, 0.3) is 5.91 Å². The average molecular weight is 260 g/mol. The molecule has 1 aliphatic carbocycles. The maximum atomic E-state index is 12.3. The number of nitrogens with zero attached hydrogens (tertiary/aromatic N) is 3. The van der Waals surface area contributed by atoms with Gasteiger partial charge in [0.2, 0.25) is 5.91 Å². The van der Waals surface area contributed by atoms with E-state index in [2.05, 4.69) is 15.3 Å². The third-order valence-corrected chi connectivity index (χ3v) is 3.52. The molecule has 6 nitrogen and oxygen atoms in total. The molecule has 0 spiro atoms. The molecule has 2 fully saturated rings. The predicted molar refractivity (Wildman–Crippen MR) is 67.3 cm³/mol. The lowest BCUT2D eigenvalue weighted by Crippen LogP contribution is -2.46. The molecule has 1 aromatic heterocycles. The van der Waals surface area contributed by atoms with Crippen molar-refractivity contribution in [2.24, 2.45) is 0 Å². The second-order valence-electron chi connectivity index (χ2n) is 5.03. The smallest absolute Gasteiger partial charge is 0.274 e. The van der Waals surface area contributed by atoms with Gasteiger partial charge in [0, 0.05) is 25.0 Å². The van der Waals surface area contributed by atoms with Gasteiger partial charge in [-0.3, -0.25) is 14.6 Å². The second kappa shape index (κ2) is 4.95. The van der Waals surface area contributed by atoms with Crippen molar-refractivity contribution in [1.29, 1.82) is 0 Å². The van der Waals surface area contributed by atoms with Crippen LogP contribution in [0.15, 0.2) is 18.6 Å². The first kappa shape index (κ1) is 12.1. The molecule has 0 bridgehead atoms. The van der Waals surface area contributed by atoms with E-state index in [4.69, 9.17) is 0 Å².